The first-order chi connectivity index (χ1) is 17.0. The van der Waals surface area contributed by atoms with Gasteiger partial charge in [-0.3, -0.25) is 9.48 Å². The number of nitrogens with two attached hydrogens (primary N) is 1. The highest BCUT2D eigenvalue weighted by Crippen LogP contribution is 2.33. The van der Waals surface area contributed by atoms with E-state index in [1.54, 1.807) is 15.8 Å². The highest BCUT2D eigenvalue weighted by atomic mass is 35.5. The second-order valence-corrected chi connectivity index (χ2v) is 9.30. The van der Waals surface area contributed by atoms with Crippen LogP contribution in [0.3, 0.4) is 0 Å². The Morgan fingerprint density at radius 1 is 1.20 bits per heavy atom. The van der Waals surface area contributed by atoms with Crippen molar-refractivity contribution in [1.29, 1.82) is 0 Å². The average molecular weight is 518 g/mol. The standard InChI is InChI=1S/C23H25Cl2N7O3/c24-18-10-27-22(28-15-2-4-16(5-3-15)32-7-9-34-12-19(32)33)29-20(18)17-11-31(30-21(17)25)14-23(13-26)6-1-8-35-23/h2-5,10-11H,1,6-9,12-14,26H2,(H,27,28,29). The zero-order valence-electron chi connectivity index (χ0n) is 18.9. The first-order valence-electron chi connectivity index (χ1n) is 11.3. The van der Waals surface area contributed by atoms with E-state index in [9.17, 15) is 4.79 Å². The van der Waals surface area contributed by atoms with Crippen LogP contribution in [0.1, 0.15) is 12.8 Å². The highest BCUT2D eigenvalue weighted by Gasteiger charge is 2.35. The fourth-order valence-electron chi connectivity index (χ4n) is 4.30. The van der Waals surface area contributed by atoms with E-state index in [-0.39, 0.29) is 17.7 Å². The number of hydrogen-bond acceptors (Lipinski definition) is 8. The Bertz CT molecular complexity index is 1210. The molecule has 1 amide bonds. The van der Waals surface area contributed by atoms with Crippen LogP contribution < -0.4 is 16.0 Å². The van der Waals surface area contributed by atoms with Crippen LogP contribution in [-0.4, -0.2) is 64.2 Å². The molecule has 1 atom stereocenters. The second-order valence-electron chi connectivity index (χ2n) is 8.53. The van der Waals surface area contributed by atoms with E-state index in [1.165, 1.54) is 6.20 Å². The van der Waals surface area contributed by atoms with Crippen molar-refractivity contribution in [3.8, 4) is 11.3 Å². The lowest BCUT2D eigenvalue weighted by atomic mass is 10.0. The SMILES string of the molecule is NCC1(Cn2cc(-c3nc(Nc4ccc(N5CCOCC5=O)cc4)ncc3Cl)c(Cl)n2)CCCO1. The summed E-state index contributed by atoms with van der Waals surface area (Å²) < 4.78 is 12.8. The maximum absolute atomic E-state index is 12.1. The zero-order chi connectivity index (χ0) is 24.4. The van der Waals surface area contributed by atoms with Gasteiger partial charge in [-0.25, -0.2) is 9.97 Å². The molecule has 2 aromatic heterocycles. The molecule has 1 aromatic carbocycles. The number of carbonyl (C=O) groups is 1. The molecule has 0 bridgehead atoms. The largest absolute Gasteiger partial charge is 0.372 e. The number of ether oxygens (including phenoxy) is 2. The second kappa shape index (κ2) is 10.1. The molecule has 0 aliphatic carbocycles. The Labute approximate surface area is 212 Å². The van der Waals surface area contributed by atoms with Crippen molar-refractivity contribution in [3.05, 3.63) is 46.8 Å². The van der Waals surface area contributed by atoms with E-state index in [4.69, 9.17) is 38.4 Å². The van der Waals surface area contributed by atoms with Crippen molar-refractivity contribution in [2.45, 2.75) is 25.0 Å². The number of amides is 1. The van der Waals surface area contributed by atoms with E-state index in [0.717, 1.165) is 24.2 Å². The van der Waals surface area contributed by atoms with Crippen LogP contribution in [0.2, 0.25) is 10.2 Å². The fourth-order valence-corrected chi connectivity index (χ4v) is 4.73. The van der Waals surface area contributed by atoms with Gasteiger partial charge in [-0.05, 0) is 37.1 Å². The molecule has 184 valence electrons. The molecule has 3 N–H and O–H groups in total. The van der Waals surface area contributed by atoms with Gasteiger partial charge in [-0.2, -0.15) is 5.10 Å². The molecule has 0 spiro atoms. The summed E-state index contributed by atoms with van der Waals surface area (Å²) in [4.78, 5) is 22.6. The number of benzene rings is 1. The molecule has 3 aromatic rings. The van der Waals surface area contributed by atoms with Crippen LogP contribution in [0.5, 0.6) is 0 Å². The van der Waals surface area contributed by atoms with Gasteiger partial charge in [0.25, 0.3) is 5.91 Å². The summed E-state index contributed by atoms with van der Waals surface area (Å²) in [7, 11) is 0. The first kappa shape index (κ1) is 24.0. The maximum Gasteiger partial charge on any atom is 0.253 e. The number of aromatic nitrogens is 4. The van der Waals surface area contributed by atoms with Crippen molar-refractivity contribution in [2.24, 2.45) is 5.73 Å². The Balaban J connectivity index is 1.34. The summed E-state index contributed by atoms with van der Waals surface area (Å²) in [6, 6.07) is 7.44. The summed E-state index contributed by atoms with van der Waals surface area (Å²) in [5, 5.41) is 8.22. The van der Waals surface area contributed by atoms with Crippen LogP contribution >= 0.6 is 23.2 Å². The van der Waals surface area contributed by atoms with Crippen molar-refractivity contribution >= 4 is 46.4 Å². The monoisotopic (exact) mass is 517 g/mol. The van der Waals surface area contributed by atoms with E-state index in [0.29, 0.717) is 55.1 Å². The van der Waals surface area contributed by atoms with Crippen LogP contribution in [-0.2, 0) is 20.8 Å². The molecule has 2 fully saturated rings. The predicted octanol–water partition coefficient (Wildman–Crippen LogP) is 3.26. The smallest absolute Gasteiger partial charge is 0.253 e. The van der Waals surface area contributed by atoms with Gasteiger partial charge in [-0.15, -0.1) is 0 Å². The molecule has 0 saturated carbocycles. The molecule has 4 heterocycles. The molecule has 0 radical (unpaired) electrons. The van der Waals surface area contributed by atoms with E-state index in [1.807, 2.05) is 24.3 Å². The van der Waals surface area contributed by atoms with Crippen molar-refractivity contribution in [1.82, 2.24) is 19.7 Å². The molecule has 1 unspecified atom stereocenters. The van der Waals surface area contributed by atoms with E-state index in [2.05, 4.69) is 20.4 Å². The fraction of sp³-hybridized carbons (Fsp3) is 0.391. The summed E-state index contributed by atoms with van der Waals surface area (Å²) in [5.74, 6) is 0.290. The van der Waals surface area contributed by atoms with E-state index >= 15 is 0 Å². The Kier molecular flexibility index (Phi) is 6.90. The summed E-state index contributed by atoms with van der Waals surface area (Å²) in [5.41, 5.74) is 8.16. The van der Waals surface area contributed by atoms with Gasteiger partial charge in [0.2, 0.25) is 5.95 Å². The lowest BCUT2D eigenvalue weighted by Crippen LogP contribution is -2.41. The molecule has 12 heteroatoms. The summed E-state index contributed by atoms with van der Waals surface area (Å²) >= 11 is 12.9. The van der Waals surface area contributed by atoms with Crippen molar-refractivity contribution in [3.63, 3.8) is 0 Å². The van der Waals surface area contributed by atoms with Gasteiger partial charge in [0.15, 0.2) is 5.15 Å². The van der Waals surface area contributed by atoms with Crippen LogP contribution in [0.4, 0.5) is 17.3 Å². The maximum atomic E-state index is 12.1. The molecular weight excluding hydrogens is 493 g/mol. The Hall–Kier alpha value is -2.76. The minimum absolute atomic E-state index is 0.0584. The van der Waals surface area contributed by atoms with Crippen molar-refractivity contribution < 1.29 is 14.3 Å². The molecule has 10 nitrogen and oxygen atoms in total. The van der Waals surface area contributed by atoms with Crippen LogP contribution in [0.25, 0.3) is 11.3 Å². The summed E-state index contributed by atoms with van der Waals surface area (Å²) in [6.07, 6.45) is 5.16. The number of anilines is 3. The number of halogens is 2. The normalized spacial score (nSPS) is 20.4. The van der Waals surface area contributed by atoms with Gasteiger partial charge in [0.1, 0.15) is 6.61 Å². The number of hydrogen-bond donors (Lipinski definition) is 2. The number of nitrogens with one attached hydrogen (secondary N) is 1. The highest BCUT2D eigenvalue weighted by molar-refractivity contribution is 6.35. The lowest BCUT2D eigenvalue weighted by molar-refractivity contribution is -0.125. The van der Waals surface area contributed by atoms with Gasteiger partial charge in [0, 0.05) is 37.3 Å². The molecule has 2 saturated heterocycles. The summed E-state index contributed by atoms with van der Waals surface area (Å²) in [6.45, 7) is 2.74. The van der Waals surface area contributed by atoms with Crippen LogP contribution in [0.15, 0.2) is 36.7 Å². The lowest BCUT2D eigenvalue weighted by Gasteiger charge is -2.26. The molecule has 35 heavy (non-hydrogen) atoms. The van der Waals surface area contributed by atoms with E-state index < -0.39 is 5.60 Å². The molecule has 2 aliphatic rings. The number of morpholine rings is 1. The minimum Gasteiger partial charge on any atom is -0.372 e. The Morgan fingerprint density at radius 2 is 2.03 bits per heavy atom. The van der Waals surface area contributed by atoms with Gasteiger partial charge >= 0.3 is 0 Å². The number of rotatable bonds is 7. The zero-order valence-corrected chi connectivity index (χ0v) is 20.4. The van der Waals surface area contributed by atoms with Gasteiger partial charge in [-0.1, -0.05) is 23.2 Å². The topological polar surface area (TPSA) is 120 Å². The third-order valence-electron chi connectivity index (χ3n) is 6.14. The van der Waals surface area contributed by atoms with Gasteiger partial charge in [0.05, 0.1) is 41.2 Å². The predicted molar refractivity (Wildman–Crippen MR) is 133 cm³/mol. The molecular formula is C23H25Cl2N7O3. The number of nitrogens with zero attached hydrogens (tertiary/aromatic N) is 5. The minimum atomic E-state index is -0.438. The first-order valence-corrected chi connectivity index (χ1v) is 12.1. The van der Waals surface area contributed by atoms with Gasteiger partial charge < -0.3 is 25.4 Å². The Morgan fingerprint density at radius 3 is 2.74 bits per heavy atom. The number of carbonyl (C=O) groups excluding carboxylic acids is 1. The average Bonchev–Trinajstić information content (AvgIpc) is 3.48. The van der Waals surface area contributed by atoms with Crippen molar-refractivity contribution in [2.75, 3.05) is 43.1 Å². The third kappa shape index (κ3) is 5.12. The molecule has 2 aliphatic heterocycles. The molecule has 5 rings (SSSR count). The quantitative estimate of drug-likeness (QED) is 0.489. The van der Waals surface area contributed by atoms with Crippen LogP contribution in [0, 0.1) is 0 Å². The third-order valence-corrected chi connectivity index (χ3v) is 6.70.